The summed E-state index contributed by atoms with van der Waals surface area (Å²) >= 11 is 0. The number of urea groups is 1. The van der Waals surface area contributed by atoms with Crippen molar-refractivity contribution in [3.63, 3.8) is 0 Å². The lowest BCUT2D eigenvalue weighted by Crippen LogP contribution is -2.45. The minimum absolute atomic E-state index is 0.0870. The van der Waals surface area contributed by atoms with Crippen molar-refractivity contribution in [2.45, 2.75) is 39.3 Å². The van der Waals surface area contributed by atoms with Crippen LogP contribution in [0.25, 0.3) is 0 Å². The molecular weight excluding hydrogens is 292 g/mol. The van der Waals surface area contributed by atoms with Crippen LogP contribution >= 0.6 is 0 Å². The fraction of sp³-hybridized carbons (Fsp3) is 0.562. The molecule has 0 saturated carbocycles. The Morgan fingerprint density at radius 3 is 2.87 bits per heavy atom. The van der Waals surface area contributed by atoms with Gasteiger partial charge in [-0.15, -0.1) is 0 Å². The molecule has 2 aromatic rings. The number of nitrogens with one attached hydrogen (secondary N) is 1. The van der Waals surface area contributed by atoms with Crippen LogP contribution in [0.2, 0.25) is 0 Å². The number of carbonyl (C=O) groups is 1. The molecule has 7 nitrogen and oxygen atoms in total. The van der Waals surface area contributed by atoms with E-state index in [2.05, 4.69) is 40.7 Å². The topological polar surface area (TPSA) is 68.0 Å². The first-order valence-electron chi connectivity index (χ1n) is 8.13. The molecule has 2 amide bonds. The second kappa shape index (κ2) is 6.44. The number of carbonyl (C=O) groups excluding carboxylic acids is 1. The first kappa shape index (κ1) is 15.6. The van der Waals surface area contributed by atoms with Crippen LogP contribution in [0.1, 0.15) is 39.3 Å². The van der Waals surface area contributed by atoms with Crippen LogP contribution in [0.3, 0.4) is 0 Å². The number of nitrogens with zero attached hydrogens (tertiary/aromatic N) is 5. The van der Waals surface area contributed by atoms with Crippen molar-refractivity contribution >= 4 is 11.8 Å². The maximum absolute atomic E-state index is 12.5. The summed E-state index contributed by atoms with van der Waals surface area (Å²) in [7, 11) is 0. The predicted molar refractivity (Wildman–Crippen MR) is 88.2 cm³/mol. The molecule has 0 aromatic carbocycles. The van der Waals surface area contributed by atoms with E-state index in [-0.39, 0.29) is 18.1 Å². The van der Waals surface area contributed by atoms with Gasteiger partial charge in [0.25, 0.3) is 0 Å². The van der Waals surface area contributed by atoms with Crippen LogP contribution < -0.4 is 5.32 Å². The van der Waals surface area contributed by atoms with E-state index in [9.17, 15) is 4.79 Å². The Morgan fingerprint density at radius 2 is 2.22 bits per heavy atom. The summed E-state index contributed by atoms with van der Waals surface area (Å²) in [6.07, 6.45) is 8.44. The monoisotopic (exact) mass is 316 g/mol. The average Bonchev–Trinajstić information content (AvgIpc) is 3.18. The van der Waals surface area contributed by atoms with Crippen molar-refractivity contribution < 1.29 is 4.79 Å². The highest BCUT2D eigenvalue weighted by molar-refractivity contribution is 5.88. The van der Waals surface area contributed by atoms with Gasteiger partial charge in [0.15, 0.2) is 5.82 Å². The molecule has 7 heteroatoms. The van der Waals surface area contributed by atoms with Gasteiger partial charge in [0.1, 0.15) is 0 Å². The molecule has 1 fully saturated rings. The molecule has 2 atom stereocenters. The zero-order valence-electron chi connectivity index (χ0n) is 13.9. The standard InChI is InChI=1S/C16H24N6O/c1-12(2)22-8-5-15(19-22)18-16(23)20-7-4-13(3)14(10-20)21-9-6-17-11-21/h5-6,8-9,11-14H,4,7,10H2,1-3H3,(H,18,19,23). The number of imidazole rings is 1. The minimum Gasteiger partial charge on any atom is -0.332 e. The van der Waals surface area contributed by atoms with Gasteiger partial charge in [0, 0.05) is 43.8 Å². The zero-order valence-corrected chi connectivity index (χ0v) is 13.9. The van der Waals surface area contributed by atoms with Crippen molar-refractivity contribution in [2.75, 3.05) is 18.4 Å². The van der Waals surface area contributed by atoms with Crippen molar-refractivity contribution in [1.29, 1.82) is 0 Å². The van der Waals surface area contributed by atoms with E-state index in [4.69, 9.17) is 0 Å². The largest absolute Gasteiger partial charge is 0.332 e. The number of hydrogen-bond donors (Lipinski definition) is 1. The van der Waals surface area contributed by atoms with Crippen LogP contribution in [-0.2, 0) is 0 Å². The average molecular weight is 316 g/mol. The Balaban J connectivity index is 1.65. The number of piperidine rings is 1. The molecule has 0 aliphatic carbocycles. The number of rotatable bonds is 3. The van der Waals surface area contributed by atoms with Gasteiger partial charge in [-0.25, -0.2) is 9.78 Å². The van der Waals surface area contributed by atoms with E-state index in [1.54, 1.807) is 6.20 Å². The number of likely N-dealkylation sites (tertiary alicyclic amines) is 1. The third-order valence-electron chi connectivity index (χ3n) is 4.49. The van der Waals surface area contributed by atoms with E-state index in [1.165, 1.54) is 0 Å². The highest BCUT2D eigenvalue weighted by Crippen LogP contribution is 2.27. The van der Waals surface area contributed by atoms with Gasteiger partial charge in [-0.1, -0.05) is 6.92 Å². The molecule has 1 aliphatic heterocycles. The quantitative estimate of drug-likeness (QED) is 0.946. The summed E-state index contributed by atoms with van der Waals surface area (Å²) in [5.74, 6) is 1.12. The molecule has 2 aromatic heterocycles. The Hall–Kier alpha value is -2.31. The van der Waals surface area contributed by atoms with Gasteiger partial charge in [0.05, 0.1) is 12.4 Å². The molecule has 3 heterocycles. The number of amides is 2. The lowest BCUT2D eigenvalue weighted by Gasteiger charge is -2.37. The molecule has 0 radical (unpaired) electrons. The number of hydrogen-bond acceptors (Lipinski definition) is 3. The molecule has 1 N–H and O–H groups in total. The molecule has 0 spiro atoms. The predicted octanol–water partition coefficient (Wildman–Crippen LogP) is 2.78. The van der Waals surface area contributed by atoms with E-state index < -0.39 is 0 Å². The fourth-order valence-electron chi connectivity index (χ4n) is 2.97. The maximum atomic E-state index is 12.5. The Bertz CT molecular complexity index is 647. The van der Waals surface area contributed by atoms with Gasteiger partial charge < -0.3 is 9.47 Å². The zero-order chi connectivity index (χ0) is 16.4. The first-order chi connectivity index (χ1) is 11.0. The van der Waals surface area contributed by atoms with Gasteiger partial charge in [-0.3, -0.25) is 10.00 Å². The molecule has 124 valence electrons. The van der Waals surface area contributed by atoms with E-state index in [1.807, 2.05) is 34.4 Å². The van der Waals surface area contributed by atoms with Crippen molar-refractivity contribution in [3.8, 4) is 0 Å². The van der Waals surface area contributed by atoms with Gasteiger partial charge in [0.2, 0.25) is 0 Å². The van der Waals surface area contributed by atoms with Gasteiger partial charge >= 0.3 is 6.03 Å². The van der Waals surface area contributed by atoms with Crippen molar-refractivity contribution in [3.05, 3.63) is 31.0 Å². The fourth-order valence-corrected chi connectivity index (χ4v) is 2.97. The molecule has 1 saturated heterocycles. The molecule has 2 unspecified atom stereocenters. The highest BCUT2D eigenvalue weighted by Gasteiger charge is 2.30. The molecule has 23 heavy (non-hydrogen) atoms. The van der Waals surface area contributed by atoms with Crippen LogP contribution in [0.4, 0.5) is 10.6 Å². The van der Waals surface area contributed by atoms with Gasteiger partial charge in [-0.2, -0.15) is 5.10 Å². The van der Waals surface area contributed by atoms with Crippen LogP contribution in [0, 0.1) is 5.92 Å². The van der Waals surface area contributed by atoms with E-state index >= 15 is 0 Å². The minimum atomic E-state index is -0.0870. The summed E-state index contributed by atoms with van der Waals surface area (Å²) < 4.78 is 3.93. The Kier molecular flexibility index (Phi) is 4.36. The maximum Gasteiger partial charge on any atom is 0.323 e. The number of aromatic nitrogens is 4. The lowest BCUT2D eigenvalue weighted by molar-refractivity contribution is 0.149. The SMILES string of the molecule is CC1CCN(C(=O)Nc2ccn(C(C)C)n2)CC1n1ccnc1. The van der Waals surface area contributed by atoms with Crippen LogP contribution in [-0.4, -0.2) is 43.4 Å². The summed E-state index contributed by atoms with van der Waals surface area (Å²) in [6, 6.07) is 2.29. The second-order valence-electron chi connectivity index (χ2n) is 6.49. The molecular formula is C16H24N6O. The summed E-state index contributed by atoms with van der Waals surface area (Å²) in [5.41, 5.74) is 0. The first-order valence-corrected chi connectivity index (χ1v) is 8.13. The van der Waals surface area contributed by atoms with Gasteiger partial charge in [-0.05, 0) is 26.2 Å². The number of anilines is 1. The van der Waals surface area contributed by atoms with Crippen molar-refractivity contribution in [1.82, 2.24) is 24.2 Å². The summed E-state index contributed by atoms with van der Waals surface area (Å²) in [5, 5.41) is 7.27. The highest BCUT2D eigenvalue weighted by atomic mass is 16.2. The summed E-state index contributed by atoms with van der Waals surface area (Å²) in [6.45, 7) is 7.79. The third kappa shape index (κ3) is 3.38. The third-order valence-corrected chi connectivity index (χ3v) is 4.49. The molecule has 3 rings (SSSR count). The van der Waals surface area contributed by atoms with E-state index in [0.717, 1.165) is 13.0 Å². The summed E-state index contributed by atoms with van der Waals surface area (Å²) in [4.78, 5) is 18.5. The Labute approximate surface area is 136 Å². The van der Waals surface area contributed by atoms with Crippen LogP contribution in [0.5, 0.6) is 0 Å². The van der Waals surface area contributed by atoms with Crippen molar-refractivity contribution in [2.24, 2.45) is 5.92 Å². The Morgan fingerprint density at radius 1 is 1.39 bits per heavy atom. The second-order valence-corrected chi connectivity index (χ2v) is 6.49. The normalized spacial score (nSPS) is 21.7. The molecule has 0 bridgehead atoms. The molecule has 1 aliphatic rings. The lowest BCUT2D eigenvalue weighted by atomic mass is 9.93. The van der Waals surface area contributed by atoms with Crippen LogP contribution in [0.15, 0.2) is 31.0 Å². The smallest absolute Gasteiger partial charge is 0.323 e. The van der Waals surface area contributed by atoms with E-state index in [0.29, 0.717) is 18.3 Å².